The molecule has 2 heterocycles. The Balaban J connectivity index is 1.65. The van der Waals surface area contributed by atoms with Gasteiger partial charge in [-0.3, -0.25) is 14.9 Å². The van der Waals surface area contributed by atoms with Gasteiger partial charge >= 0.3 is 0 Å². The van der Waals surface area contributed by atoms with Crippen LogP contribution in [0.25, 0.3) is 0 Å². The molecule has 4 rings (SSSR count). The number of carbonyl (C=O) groups is 1. The normalized spacial score (nSPS) is 18.2. The SMILES string of the molecule is CC1(C)CC(=O)c2c(CC(C[N+](=O)[O-])c3ccc4c(c3)OCO4)noc2C1. The van der Waals surface area contributed by atoms with Gasteiger partial charge in [0.1, 0.15) is 5.76 Å². The summed E-state index contributed by atoms with van der Waals surface area (Å²) in [5, 5.41) is 15.3. The topological polar surface area (TPSA) is 105 Å². The van der Waals surface area contributed by atoms with Crippen molar-refractivity contribution in [1.82, 2.24) is 5.16 Å². The van der Waals surface area contributed by atoms with Gasteiger partial charge in [0.2, 0.25) is 13.3 Å². The molecule has 0 saturated heterocycles. The van der Waals surface area contributed by atoms with Crippen LogP contribution < -0.4 is 9.47 Å². The van der Waals surface area contributed by atoms with Crippen molar-refractivity contribution in [3.05, 3.63) is 50.9 Å². The Bertz CT molecular complexity index is 917. The predicted molar refractivity (Wildman–Crippen MR) is 93.8 cm³/mol. The lowest BCUT2D eigenvalue weighted by Crippen LogP contribution is -2.27. The summed E-state index contributed by atoms with van der Waals surface area (Å²) in [4.78, 5) is 23.5. The van der Waals surface area contributed by atoms with Gasteiger partial charge in [0.05, 0.1) is 17.2 Å². The van der Waals surface area contributed by atoms with Gasteiger partial charge in [0, 0.05) is 24.2 Å². The van der Waals surface area contributed by atoms with Gasteiger partial charge < -0.3 is 14.0 Å². The number of aromatic nitrogens is 1. The van der Waals surface area contributed by atoms with E-state index in [9.17, 15) is 14.9 Å². The van der Waals surface area contributed by atoms with Gasteiger partial charge in [-0.25, -0.2) is 0 Å². The minimum Gasteiger partial charge on any atom is -0.454 e. The minimum atomic E-state index is -0.452. The zero-order chi connectivity index (χ0) is 19.2. The van der Waals surface area contributed by atoms with Crippen molar-refractivity contribution in [3.63, 3.8) is 0 Å². The number of nitro groups is 1. The van der Waals surface area contributed by atoms with E-state index < -0.39 is 5.92 Å². The summed E-state index contributed by atoms with van der Waals surface area (Å²) in [6, 6.07) is 5.30. The maximum atomic E-state index is 12.6. The van der Waals surface area contributed by atoms with Crippen molar-refractivity contribution in [2.75, 3.05) is 13.3 Å². The van der Waals surface area contributed by atoms with Crippen molar-refractivity contribution in [3.8, 4) is 11.5 Å². The number of hydrogen-bond donors (Lipinski definition) is 0. The van der Waals surface area contributed by atoms with E-state index in [0.29, 0.717) is 41.4 Å². The Labute approximate surface area is 155 Å². The second-order valence-corrected chi connectivity index (χ2v) is 7.90. The first kappa shape index (κ1) is 17.5. The van der Waals surface area contributed by atoms with Crippen LogP contribution in [0.3, 0.4) is 0 Å². The first-order valence-corrected chi connectivity index (χ1v) is 8.84. The molecule has 0 fully saturated rings. The fraction of sp³-hybridized carbons (Fsp3) is 0.474. The van der Waals surface area contributed by atoms with E-state index in [4.69, 9.17) is 14.0 Å². The molecule has 0 saturated carbocycles. The third-order valence-corrected chi connectivity index (χ3v) is 5.07. The monoisotopic (exact) mass is 372 g/mol. The number of Topliss-reactive ketones (excluding diaryl/α,β-unsaturated/α-hetero) is 1. The molecule has 1 atom stereocenters. The Hall–Kier alpha value is -2.90. The number of hydrogen-bond acceptors (Lipinski definition) is 7. The summed E-state index contributed by atoms with van der Waals surface area (Å²) >= 11 is 0. The number of benzene rings is 1. The molecule has 0 radical (unpaired) electrons. The molecule has 1 aromatic carbocycles. The lowest BCUT2D eigenvalue weighted by atomic mass is 9.75. The maximum absolute atomic E-state index is 12.6. The van der Waals surface area contributed by atoms with Crippen LogP contribution in [0.15, 0.2) is 22.7 Å². The third-order valence-electron chi connectivity index (χ3n) is 5.07. The molecule has 0 N–H and O–H groups in total. The van der Waals surface area contributed by atoms with E-state index in [1.165, 1.54) is 0 Å². The van der Waals surface area contributed by atoms with Gasteiger partial charge in [0.15, 0.2) is 17.3 Å². The molecule has 0 bridgehead atoms. The predicted octanol–water partition coefficient (Wildman–Crippen LogP) is 3.16. The molecular formula is C19H20N2O6. The van der Waals surface area contributed by atoms with Crippen LogP contribution in [-0.2, 0) is 12.8 Å². The number of rotatable bonds is 5. The van der Waals surface area contributed by atoms with Gasteiger partial charge in [-0.2, -0.15) is 0 Å². The van der Waals surface area contributed by atoms with Crippen LogP contribution in [0.2, 0.25) is 0 Å². The summed E-state index contributed by atoms with van der Waals surface area (Å²) in [6.07, 6.45) is 1.30. The lowest BCUT2D eigenvalue weighted by molar-refractivity contribution is -0.483. The zero-order valence-electron chi connectivity index (χ0n) is 15.2. The number of ketones is 1. The smallest absolute Gasteiger partial charge is 0.231 e. The van der Waals surface area contributed by atoms with E-state index in [2.05, 4.69) is 5.16 Å². The maximum Gasteiger partial charge on any atom is 0.231 e. The molecule has 1 unspecified atom stereocenters. The van der Waals surface area contributed by atoms with E-state index >= 15 is 0 Å². The molecule has 1 aromatic heterocycles. The second kappa shape index (κ2) is 6.37. The fourth-order valence-electron chi connectivity index (χ4n) is 3.83. The fourth-order valence-corrected chi connectivity index (χ4v) is 3.83. The van der Waals surface area contributed by atoms with Crippen molar-refractivity contribution in [2.24, 2.45) is 5.41 Å². The minimum absolute atomic E-state index is 0.0111. The standard InChI is InChI=1S/C19H20N2O6/c1-19(2)7-14(22)18-13(20-27-17(18)8-19)5-12(9-21(23)24)11-3-4-15-16(6-11)26-10-25-15/h3-4,6,12H,5,7-10H2,1-2H3. The van der Waals surface area contributed by atoms with Crippen molar-refractivity contribution >= 4 is 5.78 Å². The zero-order valence-corrected chi connectivity index (χ0v) is 15.2. The molecule has 0 spiro atoms. The Morgan fingerprint density at radius 1 is 1.26 bits per heavy atom. The van der Waals surface area contributed by atoms with Crippen molar-refractivity contribution in [1.29, 1.82) is 0 Å². The van der Waals surface area contributed by atoms with E-state index in [0.717, 1.165) is 5.56 Å². The molecule has 8 nitrogen and oxygen atoms in total. The highest BCUT2D eigenvalue weighted by Gasteiger charge is 2.37. The molecule has 2 aliphatic rings. The van der Waals surface area contributed by atoms with Crippen LogP contribution in [-0.4, -0.2) is 29.2 Å². The van der Waals surface area contributed by atoms with Gasteiger partial charge in [-0.15, -0.1) is 0 Å². The van der Waals surface area contributed by atoms with Crippen molar-refractivity contribution < 1.29 is 23.7 Å². The lowest BCUT2D eigenvalue weighted by Gasteiger charge is -2.26. The molecule has 2 aromatic rings. The Morgan fingerprint density at radius 2 is 2.04 bits per heavy atom. The summed E-state index contributed by atoms with van der Waals surface area (Å²) in [5.41, 5.74) is 1.58. The van der Waals surface area contributed by atoms with E-state index in [1.807, 2.05) is 13.8 Å². The number of fused-ring (bicyclic) bond motifs is 2. The first-order valence-electron chi connectivity index (χ1n) is 8.84. The van der Waals surface area contributed by atoms with E-state index in [-0.39, 0.29) is 35.9 Å². The summed E-state index contributed by atoms with van der Waals surface area (Å²) in [6.45, 7) is 3.89. The first-order chi connectivity index (χ1) is 12.8. The molecule has 0 amide bonds. The Kier molecular flexibility index (Phi) is 4.13. The third kappa shape index (κ3) is 3.39. The summed E-state index contributed by atoms with van der Waals surface area (Å²) < 4.78 is 16.1. The van der Waals surface area contributed by atoms with Crippen LogP contribution in [0.4, 0.5) is 0 Å². The largest absolute Gasteiger partial charge is 0.454 e. The summed E-state index contributed by atoms with van der Waals surface area (Å²) in [7, 11) is 0. The average Bonchev–Trinajstić information content (AvgIpc) is 3.18. The molecular weight excluding hydrogens is 352 g/mol. The number of carbonyl (C=O) groups excluding carboxylic acids is 1. The summed E-state index contributed by atoms with van der Waals surface area (Å²) in [5.74, 6) is 1.31. The van der Waals surface area contributed by atoms with Gasteiger partial charge in [0.25, 0.3) is 0 Å². The van der Waals surface area contributed by atoms with Crippen LogP contribution in [0.5, 0.6) is 11.5 Å². The van der Waals surface area contributed by atoms with Crippen LogP contribution >= 0.6 is 0 Å². The van der Waals surface area contributed by atoms with E-state index in [1.54, 1.807) is 18.2 Å². The molecule has 1 aliphatic carbocycles. The van der Waals surface area contributed by atoms with Gasteiger partial charge in [-0.1, -0.05) is 25.1 Å². The van der Waals surface area contributed by atoms with Crippen LogP contribution in [0.1, 0.15) is 53.6 Å². The molecule has 142 valence electrons. The Morgan fingerprint density at radius 3 is 2.81 bits per heavy atom. The van der Waals surface area contributed by atoms with Gasteiger partial charge in [-0.05, 0) is 23.1 Å². The second-order valence-electron chi connectivity index (χ2n) is 7.90. The highest BCUT2D eigenvalue weighted by molar-refractivity contribution is 5.99. The quantitative estimate of drug-likeness (QED) is 0.586. The highest BCUT2D eigenvalue weighted by Crippen LogP contribution is 2.39. The number of nitrogens with zero attached hydrogens (tertiary/aromatic N) is 2. The molecule has 1 aliphatic heterocycles. The molecule has 27 heavy (non-hydrogen) atoms. The molecule has 8 heteroatoms. The van der Waals surface area contributed by atoms with Crippen molar-refractivity contribution in [2.45, 2.75) is 39.0 Å². The highest BCUT2D eigenvalue weighted by atomic mass is 16.7. The average molecular weight is 372 g/mol. The number of ether oxygens (including phenoxy) is 2. The van der Waals surface area contributed by atoms with Crippen LogP contribution in [0, 0.1) is 15.5 Å².